The number of hydrogen-bond donors (Lipinski definition) is 1. The van der Waals surface area contributed by atoms with E-state index in [0.29, 0.717) is 11.8 Å². The van der Waals surface area contributed by atoms with Crippen LogP contribution in [0, 0.1) is 6.92 Å². The molecule has 3 aromatic rings. The lowest BCUT2D eigenvalue weighted by Crippen LogP contribution is -2.00. The van der Waals surface area contributed by atoms with Crippen molar-refractivity contribution in [2.24, 2.45) is 5.73 Å². The molecular weight excluding hydrogens is 258 g/mol. The molecule has 0 aliphatic rings. The Hall–Kier alpha value is -1.85. The number of benzene rings is 1. The van der Waals surface area contributed by atoms with Gasteiger partial charge < -0.3 is 10.2 Å². The van der Waals surface area contributed by atoms with Crippen molar-refractivity contribution in [3.05, 3.63) is 47.7 Å². The fraction of sp³-hybridized carbons (Fsp3) is 0.143. The SMILES string of the molecule is Cc1ccc(CN)c(Sc2nc3ccccc3o2)n1. The van der Waals surface area contributed by atoms with Crippen molar-refractivity contribution in [2.75, 3.05) is 0 Å². The van der Waals surface area contributed by atoms with E-state index in [1.165, 1.54) is 11.8 Å². The molecule has 3 rings (SSSR count). The molecule has 0 bridgehead atoms. The lowest BCUT2D eigenvalue weighted by Gasteiger charge is -2.04. The van der Waals surface area contributed by atoms with Gasteiger partial charge in [-0.05, 0) is 42.4 Å². The Morgan fingerprint density at radius 1 is 1.16 bits per heavy atom. The van der Waals surface area contributed by atoms with E-state index in [4.69, 9.17) is 10.2 Å². The molecule has 0 aliphatic carbocycles. The fourth-order valence-corrected chi connectivity index (χ4v) is 2.70. The summed E-state index contributed by atoms with van der Waals surface area (Å²) in [6, 6.07) is 11.6. The van der Waals surface area contributed by atoms with Crippen molar-refractivity contribution in [2.45, 2.75) is 23.7 Å². The van der Waals surface area contributed by atoms with E-state index in [2.05, 4.69) is 9.97 Å². The van der Waals surface area contributed by atoms with Crippen LogP contribution in [0.4, 0.5) is 0 Å². The van der Waals surface area contributed by atoms with E-state index in [-0.39, 0.29) is 0 Å². The fourth-order valence-electron chi connectivity index (χ4n) is 1.78. The maximum absolute atomic E-state index is 5.73. The molecule has 0 fully saturated rings. The second kappa shape index (κ2) is 5.03. The van der Waals surface area contributed by atoms with Crippen LogP contribution in [0.2, 0.25) is 0 Å². The maximum atomic E-state index is 5.73. The number of oxazole rings is 1. The number of fused-ring (bicyclic) bond motifs is 1. The van der Waals surface area contributed by atoms with Crippen molar-refractivity contribution in [1.29, 1.82) is 0 Å². The van der Waals surface area contributed by atoms with E-state index >= 15 is 0 Å². The number of rotatable bonds is 3. The molecule has 96 valence electrons. The second-order valence-electron chi connectivity index (χ2n) is 4.17. The maximum Gasteiger partial charge on any atom is 0.263 e. The van der Waals surface area contributed by atoms with Gasteiger partial charge in [0.05, 0.1) is 0 Å². The van der Waals surface area contributed by atoms with Crippen LogP contribution in [0.15, 0.2) is 51.1 Å². The van der Waals surface area contributed by atoms with Crippen LogP contribution in [0.3, 0.4) is 0 Å². The van der Waals surface area contributed by atoms with E-state index in [1.807, 2.05) is 43.3 Å². The summed E-state index contributed by atoms with van der Waals surface area (Å²) in [6.45, 7) is 2.41. The third kappa shape index (κ3) is 2.47. The van der Waals surface area contributed by atoms with E-state index in [1.54, 1.807) is 0 Å². The number of para-hydroxylation sites is 2. The number of nitrogens with two attached hydrogens (primary N) is 1. The third-order valence-electron chi connectivity index (χ3n) is 2.76. The Kier molecular flexibility index (Phi) is 3.23. The minimum absolute atomic E-state index is 0.454. The molecule has 19 heavy (non-hydrogen) atoms. The Morgan fingerprint density at radius 2 is 2.00 bits per heavy atom. The standard InChI is InChI=1S/C14H13N3OS/c1-9-6-7-10(8-15)13(16-9)19-14-17-11-4-2-3-5-12(11)18-14/h2-7H,8,15H2,1H3. The molecule has 4 nitrogen and oxygen atoms in total. The molecule has 1 aromatic carbocycles. The van der Waals surface area contributed by atoms with Gasteiger partial charge in [0.1, 0.15) is 10.5 Å². The molecule has 5 heteroatoms. The van der Waals surface area contributed by atoms with Gasteiger partial charge in [-0.1, -0.05) is 18.2 Å². The average Bonchev–Trinajstić information content (AvgIpc) is 2.81. The van der Waals surface area contributed by atoms with Crippen LogP contribution in [-0.2, 0) is 6.54 Å². The molecular formula is C14H13N3OS. The van der Waals surface area contributed by atoms with Crippen molar-refractivity contribution >= 4 is 22.9 Å². The minimum Gasteiger partial charge on any atom is -0.431 e. The highest BCUT2D eigenvalue weighted by atomic mass is 32.2. The lowest BCUT2D eigenvalue weighted by molar-refractivity contribution is 0.489. The van der Waals surface area contributed by atoms with Crippen LogP contribution < -0.4 is 5.73 Å². The molecule has 0 unspecified atom stereocenters. The summed E-state index contributed by atoms with van der Waals surface area (Å²) in [5.74, 6) is 0. The predicted molar refractivity (Wildman–Crippen MR) is 75.0 cm³/mol. The summed E-state index contributed by atoms with van der Waals surface area (Å²) in [6.07, 6.45) is 0. The first-order valence-electron chi connectivity index (χ1n) is 5.96. The molecule has 2 aromatic heterocycles. The topological polar surface area (TPSA) is 64.9 Å². The van der Waals surface area contributed by atoms with Gasteiger partial charge in [0.15, 0.2) is 5.58 Å². The minimum atomic E-state index is 0.454. The number of pyridine rings is 1. The second-order valence-corrected chi connectivity index (χ2v) is 5.11. The van der Waals surface area contributed by atoms with E-state index in [0.717, 1.165) is 27.4 Å². The van der Waals surface area contributed by atoms with Gasteiger partial charge in [0, 0.05) is 12.2 Å². The normalized spacial score (nSPS) is 11.1. The third-order valence-corrected chi connectivity index (χ3v) is 3.65. The summed E-state index contributed by atoms with van der Waals surface area (Å²) in [5, 5.41) is 1.45. The molecule has 0 radical (unpaired) electrons. The van der Waals surface area contributed by atoms with Crippen LogP contribution >= 0.6 is 11.8 Å². The molecule has 0 saturated carbocycles. The summed E-state index contributed by atoms with van der Waals surface area (Å²) < 4.78 is 5.68. The summed E-state index contributed by atoms with van der Waals surface area (Å²) in [5.41, 5.74) is 9.32. The highest BCUT2D eigenvalue weighted by molar-refractivity contribution is 7.99. The highest BCUT2D eigenvalue weighted by Crippen LogP contribution is 2.30. The monoisotopic (exact) mass is 271 g/mol. The average molecular weight is 271 g/mol. The summed E-state index contributed by atoms with van der Waals surface area (Å²) in [7, 11) is 0. The van der Waals surface area contributed by atoms with E-state index < -0.39 is 0 Å². The number of nitrogens with zero attached hydrogens (tertiary/aromatic N) is 2. The van der Waals surface area contributed by atoms with Gasteiger partial charge in [-0.2, -0.15) is 0 Å². The van der Waals surface area contributed by atoms with Crippen LogP contribution in [0.5, 0.6) is 0 Å². The Balaban J connectivity index is 1.98. The van der Waals surface area contributed by atoms with Gasteiger partial charge in [0.25, 0.3) is 5.22 Å². The van der Waals surface area contributed by atoms with E-state index in [9.17, 15) is 0 Å². The first-order valence-corrected chi connectivity index (χ1v) is 6.78. The zero-order valence-electron chi connectivity index (χ0n) is 10.5. The van der Waals surface area contributed by atoms with Gasteiger partial charge in [-0.25, -0.2) is 9.97 Å². The zero-order valence-corrected chi connectivity index (χ0v) is 11.3. The van der Waals surface area contributed by atoms with Crippen molar-refractivity contribution in [3.8, 4) is 0 Å². The Morgan fingerprint density at radius 3 is 2.79 bits per heavy atom. The number of aryl methyl sites for hydroxylation is 1. The number of hydrogen-bond acceptors (Lipinski definition) is 5. The summed E-state index contributed by atoms with van der Waals surface area (Å²) >= 11 is 1.41. The van der Waals surface area contributed by atoms with Crippen molar-refractivity contribution in [1.82, 2.24) is 9.97 Å². The van der Waals surface area contributed by atoms with Gasteiger partial charge in [0.2, 0.25) is 0 Å². The predicted octanol–water partition coefficient (Wildman–Crippen LogP) is 3.14. The molecule has 2 N–H and O–H groups in total. The van der Waals surface area contributed by atoms with Gasteiger partial charge in [-0.15, -0.1) is 0 Å². The zero-order chi connectivity index (χ0) is 13.2. The number of aromatic nitrogens is 2. The van der Waals surface area contributed by atoms with Crippen LogP contribution in [-0.4, -0.2) is 9.97 Å². The highest BCUT2D eigenvalue weighted by Gasteiger charge is 2.11. The van der Waals surface area contributed by atoms with Crippen LogP contribution in [0.1, 0.15) is 11.3 Å². The van der Waals surface area contributed by atoms with Crippen LogP contribution in [0.25, 0.3) is 11.1 Å². The smallest absolute Gasteiger partial charge is 0.263 e. The molecule has 0 aliphatic heterocycles. The first-order chi connectivity index (χ1) is 9.26. The molecule has 0 atom stereocenters. The lowest BCUT2D eigenvalue weighted by atomic mass is 10.2. The Bertz CT molecular complexity index is 691. The largest absolute Gasteiger partial charge is 0.431 e. The van der Waals surface area contributed by atoms with Crippen molar-refractivity contribution < 1.29 is 4.42 Å². The molecule has 0 saturated heterocycles. The molecule has 2 heterocycles. The quantitative estimate of drug-likeness (QED) is 0.792. The van der Waals surface area contributed by atoms with Gasteiger partial charge in [-0.3, -0.25) is 0 Å². The first kappa shape index (κ1) is 12.2. The molecule has 0 spiro atoms. The van der Waals surface area contributed by atoms with Gasteiger partial charge >= 0.3 is 0 Å². The Labute approximate surface area is 115 Å². The molecule has 0 amide bonds. The summed E-state index contributed by atoms with van der Waals surface area (Å²) in [4.78, 5) is 8.92. The van der Waals surface area contributed by atoms with Crippen molar-refractivity contribution in [3.63, 3.8) is 0 Å².